The van der Waals surface area contributed by atoms with Gasteiger partial charge in [0, 0.05) is 16.7 Å². The van der Waals surface area contributed by atoms with Crippen molar-refractivity contribution in [2.75, 3.05) is 0 Å². The molecule has 6 aromatic rings. The molecule has 5 nitrogen and oxygen atoms in total. The highest BCUT2D eigenvalue weighted by Crippen LogP contribution is 2.35. The fourth-order valence-electron chi connectivity index (χ4n) is 4.50. The van der Waals surface area contributed by atoms with E-state index in [-0.39, 0.29) is 0 Å². The van der Waals surface area contributed by atoms with E-state index < -0.39 is 0 Å². The van der Waals surface area contributed by atoms with Crippen molar-refractivity contribution in [3.8, 4) is 51.4 Å². The number of benzene rings is 5. The van der Waals surface area contributed by atoms with Crippen molar-refractivity contribution < 1.29 is 0 Å². The van der Waals surface area contributed by atoms with E-state index in [0.717, 1.165) is 38.6 Å². The first-order valence-corrected chi connectivity index (χ1v) is 12.1. The lowest BCUT2D eigenvalue weighted by Gasteiger charge is -2.13. The molecular formula is C33H19N5. The van der Waals surface area contributed by atoms with Crippen LogP contribution in [0.2, 0.25) is 0 Å². The van der Waals surface area contributed by atoms with Crippen LogP contribution in [0, 0.1) is 17.9 Å². The summed E-state index contributed by atoms with van der Waals surface area (Å²) < 4.78 is 0. The van der Waals surface area contributed by atoms with E-state index >= 15 is 0 Å². The van der Waals surface area contributed by atoms with Crippen molar-refractivity contribution in [3.05, 3.63) is 132 Å². The highest BCUT2D eigenvalue weighted by atomic mass is 15.0. The van der Waals surface area contributed by atoms with Crippen LogP contribution >= 0.6 is 0 Å². The third-order valence-corrected chi connectivity index (χ3v) is 6.41. The van der Waals surface area contributed by atoms with Gasteiger partial charge in [0.05, 0.1) is 18.2 Å². The highest BCUT2D eigenvalue weighted by molar-refractivity contribution is 6.04. The summed E-state index contributed by atoms with van der Waals surface area (Å²) in [4.78, 5) is 18.0. The van der Waals surface area contributed by atoms with Crippen LogP contribution in [0.5, 0.6) is 0 Å². The van der Waals surface area contributed by atoms with Gasteiger partial charge in [-0.25, -0.2) is 19.8 Å². The van der Waals surface area contributed by atoms with Crippen molar-refractivity contribution in [2.24, 2.45) is 0 Å². The van der Waals surface area contributed by atoms with Crippen molar-refractivity contribution in [2.45, 2.75) is 0 Å². The van der Waals surface area contributed by atoms with E-state index in [1.807, 2.05) is 54.6 Å². The number of nitriles is 1. The predicted molar refractivity (Wildman–Crippen MR) is 150 cm³/mol. The number of fused-ring (bicyclic) bond motifs is 1. The SMILES string of the molecule is [C-]#[N+]c1ccc(-c2nc(-c3ccc(C#N)cc3)nc(-c3ccc(-c4ccccc4)c4ccccc34)n2)cc1. The molecule has 1 aromatic heterocycles. The Morgan fingerprint density at radius 2 is 1.05 bits per heavy atom. The lowest BCUT2D eigenvalue weighted by Crippen LogP contribution is -2.00. The van der Waals surface area contributed by atoms with E-state index in [0.29, 0.717) is 28.7 Å². The van der Waals surface area contributed by atoms with Crippen LogP contribution in [-0.2, 0) is 0 Å². The van der Waals surface area contributed by atoms with E-state index in [1.165, 1.54) is 0 Å². The summed E-state index contributed by atoms with van der Waals surface area (Å²) in [7, 11) is 0. The molecule has 0 atom stereocenters. The van der Waals surface area contributed by atoms with Gasteiger partial charge in [-0.2, -0.15) is 5.26 Å². The fraction of sp³-hybridized carbons (Fsp3) is 0. The maximum Gasteiger partial charge on any atom is 0.187 e. The molecule has 0 bridgehead atoms. The number of hydrogen-bond acceptors (Lipinski definition) is 4. The summed E-state index contributed by atoms with van der Waals surface area (Å²) in [5, 5.41) is 11.4. The maximum atomic E-state index is 9.22. The van der Waals surface area contributed by atoms with E-state index in [4.69, 9.17) is 21.5 Å². The molecule has 0 aliphatic heterocycles. The van der Waals surface area contributed by atoms with Crippen molar-refractivity contribution >= 4 is 16.5 Å². The lowest BCUT2D eigenvalue weighted by molar-refractivity contribution is 1.08. The van der Waals surface area contributed by atoms with Gasteiger partial charge in [0.25, 0.3) is 0 Å². The average molecular weight is 486 g/mol. The molecule has 0 fully saturated rings. The molecule has 0 amide bonds. The van der Waals surface area contributed by atoms with Gasteiger partial charge >= 0.3 is 0 Å². The second kappa shape index (κ2) is 9.78. The van der Waals surface area contributed by atoms with Gasteiger partial charge in [0.1, 0.15) is 0 Å². The van der Waals surface area contributed by atoms with E-state index in [2.05, 4.69) is 47.3 Å². The zero-order valence-corrected chi connectivity index (χ0v) is 20.2. The predicted octanol–water partition coefficient (Wildman–Crippen LogP) is 8.12. The number of nitrogens with zero attached hydrogens (tertiary/aromatic N) is 5. The largest absolute Gasteiger partial charge is 0.238 e. The van der Waals surface area contributed by atoms with E-state index in [9.17, 15) is 5.26 Å². The van der Waals surface area contributed by atoms with Gasteiger partial charge in [-0.15, -0.1) is 0 Å². The Morgan fingerprint density at radius 1 is 0.526 bits per heavy atom. The van der Waals surface area contributed by atoms with Gasteiger partial charge in [-0.1, -0.05) is 84.9 Å². The third-order valence-electron chi connectivity index (χ3n) is 6.41. The second-order valence-electron chi connectivity index (χ2n) is 8.73. The summed E-state index contributed by atoms with van der Waals surface area (Å²) in [6.45, 7) is 7.26. The van der Waals surface area contributed by atoms with Gasteiger partial charge in [-0.3, -0.25) is 0 Å². The Hall–Kier alpha value is -5.65. The van der Waals surface area contributed by atoms with Gasteiger partial charge < -0.3 is 0 Å². The molecule has 176 valence electrons. The summed E-state index contributed by atoms with van der Waals surface area (Å²) in [6, 6.07) is 39.4. The number of hydrogen-bond donors (Lipinski definition) is 0. The minimum Gasteiger partial charge on any atom is -0.238 e. The second-order valence-corrected chi connectivity index (χ2v) is 8.73. The van der Waals surface area contributed by atoms with Crippen LogP contribution in [0.3, 0.4) is 0 Å². The Labute approximate surface area is 220 Å². The smallest absolute Gasteiger partial charge is 0.187 e. The van der Waals surface area contributed by atoms with Gasteiger partial charge in [-0.05, 0) is 52.2 Å². The molecule has 0 unspecified atom stereocenters. The Balaban J connectivity index is 1.57. The quantitative estimate of drug-likeness (QED) is 0.237. The first kappa shape index (κ1) is 22.8. The molecule has 0 saturated heterocycles. The fourth-order valence-corrected chi connectivity index (χ4v) is 4.50. The molecule has 6 rings (SSSR count). The Kier molecular flexibility index (Phi) is 5.86. The molecule has 0 saturated carbocycles. The number of rotatable bonds is 4. The summed E-state index contributed by atoms with van der Waals surface area (Å²) in [6.07, 6.45) is 0. The number of aromatic nitrogens is 3. The topological polar surface area (TPSA) is 66.8 Å². The third kappa shape index (κ3) is 4.26. The lowest BCUT2D eigenvalue weighted by atomic mass is 9.94. The van der Waals surface area contributed by atoms with E-state index in [1.54, 1.807) is 24.3 Å². The van der Waals surface area contributed by atoms with Crippen LogP contribution in [-0.4, -0.2) is 15.0 Å². The van der Waals surface area contributed by atoms with Crippen LogP contribution in [0.1, 0.15) is 5.56 Å². The minimum atomic E-state index is 0.514. The van der Waals surface area contributed by atoms with Crippen LogP contribution in [0.25, 0.3) is 60.9 Å². The molecule has 0 aliphatic rings. The normalized spacial score (nSPS) is 10.6. The summed E-state index contributed by atoms with van der Waals surface area (Å²) in [5.41, 5.74) is 5.89. The minimum absolute atomic E-state index is 0.514. The Morgan fingerprint density at radius 3 is 1.66 bits per heavy atom. The molecule has 0 N–H and O–H groups in total. The van der Waals surface area contributed by atoms with Crippen LogP contribution in [0.15, 0.2) is 115 Å². The average Bonchev–Trinajstić information content (AvgIpc) is 3.01. The zero-order chi connectivity index (χ0) is 25.9. The zero-order valence-electron chi connectivity index (χ0n) is 20.2. The first-order valence-electron chi connectivity index (χ1n) is 12.1. The van der Waals surface area contributed by atoms with Gasteiger partial charge in [0.15, 0.2) is 23.2 Å². The molecule has 38 heavy (non-hydrogen) atoms. The maximum absolute atomic E-state index is 9.22. The Bertz CT molecular complexity index is 1790. The molecule has 0 radical (unpaired) electrons. The molecule has 5 aromatic carbocycles. The first-order chi connectivity index (χ1) is 18.7. The summed E-state index contributed by atoms with van der Waals surface area (Å²) >= 11 is 0. The monoisotopic (exact) mass is 485 g/mol. The van der Waals surface area contributed by atoms with Crippen molar-refractivity contribution in [1.29, 1.82) is 5.26 Å². The van der Waals surface area contributed by atoms with Crippen LogP contribution < -0.4 is 0 Å². The standard InChI is InChI=1S/C33H19N5/c1-35-26-17-15-25(16-18-26)32-36-31(24-13-11-22(21-34)12-14-24)37-33(38-32)30-20-19-27(23-7-3-2-4-8-23)28-9-5-6-10-29(28)30/h2-20H. The van der Waals surface area contributed by atoms with Crippen molar-refractivity contribution in [3.63, 3.8) is 0 Å². The molecule has 1 heterocycles. The summed E-state index contributed by atoms with van der Waals surface area (Å²) in [5.74, 6) is 1.58. The molecular weight excluding hydrogens is 466 g/mol. The van der Waals surface area contributed by atoms with Gasteiger partial charge in [0.2, 0.25) is 0 Å². The van der Waals surface area contributed by atoms with Crippen LogP contribution in [0.4, 0.5) is 5.69 Å². The molecule has 0 spiro atoms. The van der Waals surface area contributed by atoms with Crippen molar-refractivity contribution in [1.82, 2.24) is 15.0 Å². The molecule has 0 aliphatic carbocycles. The highest BCUT2D eigenvalue weighted by Gasteiger charge is 2.16. The molecule has 5 heteroatoms.